The minimum atomic E-state index is -0.441. The van der Waals surface area contributed by atoms with Gasteiger partial charge in [-0.25, -0.2) is 4.79 Å². The Morgan fingerprint density at radius 1 is 1.62 bits per heavy atom. The summed E-state index contributed by atoms with van der Waals surface area (Å²) < 4.78 is 5.51. The van der Waals surface area contributed by atoms with Crippen LogP contribution in [0.5, 0.6) is 0 Å². The first kappa shape index (κ1) is 12.7. The van der Waals surface area contributed by atoms with Gasteiger partial charge in [0.25, 0.3) is 0 Å². The van der Waals surface area contributed by atoms with Crippen molar-refractivity contribution in [1.82, 2.24) is 0 Å². The van der Waals surface area contributed by atoms with Crippen molar-refractivity contribution in [2.24, 2.45) is 5.73 Å². The van der Waals surface area contributed by atoms with Gasteiger partial charge in [-0.15, -0.1) is 0 Å². The van der Waals surface area contributed by atoms with E-state index in [-0.39, 0.29) is 6.54 Å². The topological polar surface area (TPSA) is 76.1 Å². The van der Waals surface area contributed by atoms with Crippen LogP contribution in [0.2, 0.25) is 0 Å². The molecule has 0 unspecified atom stereocenters. The van der Waals surface area contributed by atoms with Crippen LogP contribution >= 0.6 is 15.9 Å². The highest BCUT2D eigenvalue weighted by atomic mass is 79.9. The molecule has 0 aliphatic heterocycles. The molecule has 16 heavy (non-hydrogen) atoms. The standard InChI is InChI=1S/C11H11BrN2O2/c1-2-16-11(15)7-3-8(5-13)9(6-14)10(12)4-7/h3-4H,2,6,14H2,1H3. The summed E-state index contributed by atoms with van der Waals surface area (Å²) in [5.41, 5.74) is 6.94. The molecule has 0 aliphatic rings. The molecule has 5 heteroatoms. The maximum atomic E-state index is 11.5. The summed E-state index contributed by atoms with van der Waals surface area (Å²) >= 11 is 3.28. The summed E-state index contributed by atoms with van der Waals surface area (Å²) in [6.07, 6.45) is 0. The Hall–Kier alpha value is -1.38. The predicted molar refractivity (Wildman–Crippen MR) is 62.7 cm³/mol. The quantitative estimate of drug-likeness (QED) is 0.860. The van der Waals surface area contributed by atoms with Crippen molar-refractivity contribution in [3.63, 3.8) is 0 Å². The normalized spacial score (nSPS) is 9.62. The molecule has 1 rings (SSSR count). The Morgan fingerprint density at radius 2 is 2.31 bits per heavy atom. The van der Waals surface area contributed by atoms with Gasteiger partial charge in [0.1, 0.15) is 0 Å². The molecule has 0 fully saturated rings. The van der Waals surface area contributed by atoms with Crippen molar-refractivity contribution in [2.75, 3.05) is 6.61 Å². The second kappa shape index (κ2) is 5.64. The molecule has 0 amide bonds. The molecule has 0 aliphatic carbocycles. The Bertz CT molecular complexity index is 452. The third kappa shape index (κ3) is 2.60. The zero-order valence-electron chi connectivity index (χ0n) is 8.79. The first-order chi connectivity index (χ1) is 7.63. The van der Waals surface area contributed by atoms with Gasteiger partial charge in [0.2, 0.25) is 0 Å². The number of nitrogens with zero attached hydrogens (tertiary/aromatic N) is 1. The van der Waals surface area contributed by atoms with Crippen LogP contribution < -0.4 is 5.73 Å². The van der Waals surface area contributed by atoms with Crippen LogP contribution in [0.4, 0.5) is 0 Å². The summed E-state index contributed by atoms with van der Waals surface area (Å²) in [6, 6.07) is 5.11. The first-order valence-electron chi connectivity index (χ1n) is 4.73. The molecule has 0 radical (unpaired) electrons. The number of carbonyl (C=O) groups excluding carboxylic acids is 1. The highest BCUT2D eigenvalue weighted by Crippen LogP contribution is 2.22. The molecule has 4 nitrogen and oxygen atoms in total. The number of nitriles is 1. The summed E-state index contributed by atoms with van der Waals surface area (Å²) in [5, 5.41) is 8.93. The number of benzene rings is 1. The van der Waals surface area contributed by atoms with Crippen molar-refractivity contribution in [3.05, 3.63) is 33.3 Å². The molecule has 0 atom stereocenters. The number of ether oxygens (including phenoxy) is 1. The third-order valence-electron chi connectivity index (χ3n) is 2.03. The van der Waals surface area contributed by atoms with Crippen LogP contribution in [0.15, 0.2) is 16.6 Å². The monoisotopic (exact) mass is 282 g/mol. The molecule has 0 heterocycles. The Kier molecular flexibility index (Phi) is 4.47. The number of hydrogen-bond donors (Lipinski definition) is 1. The molecule has 0 saturated carbocycles. The van der Waals surface area contributed by atoms with Crippen LogP contribution in [0.1, 0.15) is 28.4 Å². The van der Waals surface area contributed by atoms with E-state index in [1.807, 2.05) is 6.07 Å². The van der Waals surface area contributed by atoms with Gasteiger partial charge >= 0.3 is 5.97 Å². The number of esters is 1. The fraction of sp³-hybridized carbons (Fsp3) is 0.273. The maximum absolute atomic E-state index is 11.5. The summed E-state index contributed by atoms with van der Waals surface area (Å²) in [6.45, 7) is 2.27. The van der Waals surface area contributed by atoms with Crippen LogP contribution in [0, 0.1) is 11.3 Å². The fourth-order valence-corrected chi connectivity index (χ4v) is 1.90. The molecule has 0 spiro atoms. The number of halogens is 1. The van der Waals surface area contributed by atoms with E-state index in [0.29, 0.717) is 27.8 Å². The average Bonchev–Trinajstić information content (AvgIpc) is 2.28. The lowest BCUT2D eigenvalue weighted by Crippen LogP contribution is -2.08. The Balaban J connectivity index is 3.21. The minimum absolute atomic E-state index is 0.243. The fourth-order valence-electron chi connectivity index (χ4n) is 1.28. The summed E-state index contributed by atoms with van der Waals surface area (Å²) in [5.74, 6) is -0.441. The van der Waals surface area contributed by atoms with E-state index in [2.05, 4.69) is 15.9 Å². The van der Waals surface area contributed by atoms with Gasteiger partial charge in [-0.2, -0.15) is 5.26 Å². The smallest absolute Gasteiger partial charge is 0.338 e. The van der Waals surface area contributed by atoms with Gasteiger partial charge in [-0.1, -0.05) is 15.9 Å². The molecule has 84 valence electrons. The van der Waals surface area contributed by atoms with Gasteiger partial charge < -0.3 is 10.5 Å². The van der Waals surface area contributed by atoms with Gasteiger partial charge in [0.05, 0.1) is 23.8 Å². The number of rotatable bonds is 3. The SMILES string of the molecule is CCOC(=O)c1cc(Br)c(CN)c(C#N)c1. The lowest BCUT2D eigenvalue weighted by molar-refractivity contribution is 0.0526. The van der Waals surface area contributed by atoms with E-state index in [9.17, 15) is 4.79 Å². The van der Waals surface area contributed by atoms with Crippen molar-refractivity contribution in [1.29, 1.82) is 5.26 Å². The molecule has 0 bridgehead atoms. The molecule has 2 N–H and O–H groups in total. The molecule has 1 aromatic rings. The molecule has 0 saturated heterocycles. The van der Waals surface area contributed by atoms with E-state index >= 15 is 0 Å². The van der Waals surface area contributed by atoms with Crippen molar-refractivity contribution in [2.45, 2.75) is 13.5 Å². The minimum Gasteiger partial charge on any atom is -0.462 e. The first-order valence-corrected chi connectivity index (χ1v) is 5.53. The van der Waals surface area contributed by atoms with Gasteiger partial charge in [0.15, 0.2) is 0 Å². The van der Waals surface area contributed by atoms with Gasteiger partial charge in [0, 0.05) is 11.0 Å². The van der Waals surface area contributed by atoms with Crippen molar-refractivity contribution < 1.29 is 9.53 Å². The van der Waals surface area contributed by atoms with Crippen molar-refractivity contribution in [3.8, 4) is 6.07 Å². The van der Waals surface area contributed by atoms with E-state index in [0.717, 1.165) is 0 Å². The number of carbonyl (C=O) groups is 1. The maximum Gasteiger partial charge on any atom is 0.338 e. The lowest BCUT2D eigenvalue weighted by atomic mass is 10.0. The largest absolute Gasteiger partial charge is 0.462 e. The third-order valence-corrected chi connectivity index (χ3v) is 2.74. The van der Waals surface area contributed by atoms with Crippen LogP contribution in [-0.4, -0.2) is 12.6 Å². The van der Waals surface area contributed by atoms with Crippen LogP contribution in [0.25, 0.3) is 0 Å². The molecule has 1 aromatic carbocycles. The number of nitrogens with two attached hydrogens (primary N) is 1. The van der Waals surface area contributed by atoms with E-state index in [1.165, 1.54) is 6.07 Å². The Labute approximate surface area is 102 Å². The predicted octanol–water partition coefficient (Wildman–Crippen LogP) is 1.96. The highest BCUT2D eigenvalue weighted by molar-refractivity contribution is 9.10. The van der Waals surface area contributed by atoms with Gasteiger partial charge in [-0.3, -0.25) is 0 Å². The highest BCUT2D eigenvalue weighted by Gasteiger charge is 2.13. The van der Waals surface area contributed by atoms with Crippen LogP contribution in [0.3, 0.4) is 0 Å². The van der Waals surface area contributed by atoms with Crippen LogP contribution in [-0.2, 0) is 11.3 Å². The molecule has 0 aromatic heterocycles. The van der Waals surface area contributed by atoms with E-state index in [4.69, 9.17) is 15.7 Å². The average molecular weight is 283 g/mol. The Morgan fingerprint density at radius 3 is 2.81 bits per heavy atom. The van der Waals surface area contributed by atoms with E-state index < -0.39 is 5.97 Å². The van der Waals surface area contributed by atoms with E-state index in [1.54, 1.807) is 13.0 Å². The molecular weight excluding hydrogens is 272 g/mol. The summed E-state index contributed by atoms with van der Waals surface area (Å²) in [4.78, 5) is 11.5. The zero-order valence-corrected chi connectivity index (χ0v) is 10.4. The number of hydrogen-bond acceptors (Lipinski definition) is 4. The lowest BCUT2D eigenvalue weighted by Gasteiger charge is -2.07. The molecular formula is C11H11BrN2O2. The zero-order chi connectivity index (χ0) is 12.1. The summed E-state index contributed by atoms with van der Waals surface area (Å²) in [7, 11) is 0. The van der Waals surface area contributed by atoms with Gasteiger partial charge in [-0.05, 0) is 24.6 Å². The second-order valence-electron chi connectivity index (χ2n) is 3.02. The second-order valence-corrected chi connectivity index (χ2v) is 3.87. The van der Waals surface area contributed by atoms with Crippen molar-refractivity contribution >= 4 is 21.9 Å².